The molecule has 0 aliphatic rings. The zero-order chi connectivity index (χ0) is 21.8. The fraction of sp³-hybridized carbons (Fsp3) is 0.294. The highest BCUT2D eigenvalue weighted by Crippen LogP contribution is 2.27. The highest BCUT2D eigenvalue weighted by atomic mass is 32.2. The lowest BCUT2D eigenvalue weighted by Crippen LogP contribution is -2.21. The summed E-state index contributed by atoms with van der Waals surface area (Å²) < 4.78 is 4.85. The number of aromatic carboxylic acids is 1. The van der Waals surface area contributed by atoms with Crippen molar-refractivity contribution in [1.82, 2.24) is 15.0 Å². The van der Waals surface area contributed by atoms with Gasteiger partial charge >= 0.3 is 5.97 Å². The first kappa shape index (κ1) is 21.9. The molecule has 30 heavy (non-hydrogen) atoms. The summed E-state index contributed by atoms with van der Waals surface area (Å²) in [6.07, 6.45) is 0.0220. The van der Waals surface area contributed by atoms with Crippen molar-refractivity contribution < 1.29 is 24.2 Å². The molecule has 0 spiro atoms. The van der Waals surface area contributed by atoms with E-state index in [2.05, 4.69) is 20.3 Å². The number of hydrogen-bond acceptors (Lipinski definition) is 11. The number of hydrogen-bond donors (Lipinski definition) is 2. The third-order valence-corrected chi connectivity index (χ3v) is 6.58. The van der Waals surface area contributed by atoms with Crippen molar-refractivity contribution in [3.8, 4) is 0 Å². The van der Waals surface area contributed by atoms with Crippen LogP contribution >= 0.6 is 34.4 Å². The molecule has 3 aromatic heterocycles. The van der Waals surface area contributed by atoms with E-state index in [1.54, 1.807) is 12.3 Å². The van der Waals surface area contributed by atoms with Gasteiger partial charge in [0.05, 0.1) is 40.7 Å². The van der Waals surface area contributed by atoms with E-state index in [1.807, 2.05) is 0 Å². The number of aryl methyl sites for hydroxylation is 1. The van der Waals surface area contributed by atoms with Gasteiger partial charge in [-0.05, 0) is 19.4 Å². The number of ether oxygens (including phenoxy) is 1. The molecule has 2 N–H and O–H groups in total. The lowest BCUT2D eigenvalue weighted by Gasteiger charge is -2.02. The molecule has 0 saturated carbocycles. The summed E-state index contributed by atoms with van der Waals surface area (Å²) in [5.74, 6) is -2.20. The Morgan fingerprint density at radius 1 is 1.33 bits per heavy atom. The van der Waals surface area contributed by atoms with Crippen LogP contribution in [0.1, 0.15) is 27.9 Å². The van der Waals surface area contributed by atoms with Crippen molar-refractivity contribution in [3.05, 3.63) is 31.9 Å². The van der Waals surface area contributed by atoms with Gasteiger partial charge in [0, 0.05) is 5.38 Å². The lowest BCUT2D eigenvalue weighted by molar-refractivity contribution is -0.254. The number of rotatable bonds is 8. The van der Waals surface area contributed by atoms with Gasteiger partial charge in [0.1, 0.15) is 4.83 Å². The van der Waals surface area contributed by atoms with Crippen molar-refractivity contribution in [2.45, 2.75) is 25.4 Å². The van der Waals surface area contributed by atoms with E-state index in [0.29, 0.717) is 16.4 Å². The zero-order valence-electron chi connectivity index (χ0n) is 15.8. The van der Waals surface area contributed by atoms with E-state index in [-0.39, 0.29) is 44.9 Å². The number of H-pyrrole nitrogens is 1. The fourth-order valence-corrected chi connectivity index (χ4v) is 4.94. The van der Waals surface area contributed by atoms with Gasteiger partial charge in [-0.25, -0.2) is 9.97 Å². The molecule has 158 valence electrons. The fourth-order valence-electron chi connectivity index (χ4n) is 2.48. The number of nitrogens with zero attached hydrogens (tertiary/aromatic N) is 2. The van der Waals surface area contributed by atoms with Gasteiger partial charge in [-0.3, -0.25) is 14.4 Å². The minimum atomic E-state index is -1.37. The number of thiazole rings is 1. The summed E-state index contributed by atoms with van der Waals surface area (Å²) in [7, 11) is 0. The van der Waals surface area contributed by atoms with E-state index in [1.165, 1.54) is 18.3 Å². The maximum absolute atomic E-state index is 12.3. The Labute approximate surface area is 181 Å². The summed E-state index contributed by atoms with van der Waals surface area (Å²) in [6, 6.07) is 0. The van der Waals surface area contributed by atoms with Gasteiger partial charge in [0.2, 0.25) is 5.91 Å². The van der Waals surface area contributed by atoms with Crippen LogP contribution in [0.4, 0.5) is 5.13 Å². The molecule has 13 heteroatoms. The van der Waals surface area contributed by atoms with Gasteiger partial charge in [-0.2, -0.15) is 0 Å². The summed E-state index contributed by atoms with van der Waals surface area (Å²) in [4.78, 5) is 58.2. The smallest absolute Gasteiger partial charge is 0.311 e. The quantitative estimate of drug-likeness (QED) is 0.280. The number of nitrogens with one attached hydrogen (secondary N) is 2. The average molecular weight is 468 g/mol. The Balaban J connectivity index is 1.63. The Kier molecular flexibility index (Phi) is 6.84. The zero-order valence-corrected chi connectivity index (χ0v) is 18.2. The van der Waals surface area contributed by atoms with Crippen LogP contribution < -0.4 is 16.0 Å². The number of thiophene rings is 1. The third-order valence-electron chi connectivity index (χ3n) is 3.73. The lowest BCUT2D eigenvalue weighted by atomic mass is 10.2. The number of carbonyl (C=O) groups excluding carboxylic acids is 3. The van der Waals surface area contributed by atoms with Crippen LogP contribution in [-0.2, 0) is 20.7 Å². The molecule has 0 fully saturated rings. The standard InChI is InChI=1S/C17H16N4O6S3/c1-3-27-10(23)4-8-5-28-16(18-8)19-9(22)6-29-17-20-13(24)11-7(2)12(15(25)26)30-14(11)21-17/h5H,3-4,6H2,1-2H3,(H,25,26)(H,18,19,22)(H,20,21,24)/p-1. The van der Waals surface area contributed by atoms with Crippen molar-refractivity contribution in [3.63, 3.8) is 0 Å². The maximum Gasteiger partial charge on any atom is 0.311 e. The second kappa shape index (κ2) is 9.36. The van der Waals surface area contributed by atoms with Crippen LogP contribution in [0.3, 0.4) is 0 Å². The van der Waals surface area contributed by atoms with Crippen molar-refractivity contribution in [2.75, 3.05) is 17.7 Å². The molecule has 0 bridgehead atoms. The van der Waals surface area contributed by atoms with E-state index < -0.39 is 17.5 Å². The minimum absolute atomic E-state index is 0.0220. The molecule has 0 unspecified atom stereocenters. The molecule has 3 heterocycles. The minimum Gasteiger partial charge on any atom is -0.544 e. The van der Waals surface area contributed by atoms with Crippen LogP contribution in [-0.4, -0.2) is 45.2 Å². The van der Waals surface area contributed by atoms with E-state index in [9.17, 15) is 24.3 Å². The van der Waals surface area contributed by atoms with Gasteiger partial charge in [0.15, 0.2) is 10.3 Å². The molecule has 0 aliphatic heterocycles. The van der Waals surface area contributed by atoms with E-state index in [0.717, 1.165) is 23.1 Å². The highest BCUT2D eigenvalue weighted by molar-refractivity contribution is 7.99. The molecule has 1 amide bonds. The maximum atomic E-state index is 12.3. The van der Waals surface area contributed by atoms with Gasteiger partial charge in [-0.1, -0.05) is 11.8 Å². The Morgan fingerprint density at radius 2 is 2.10 bits per heavy atom. The molecule has 0 radical (unpaired) electrons. The van der Waals surface area contributed by atoms with Crippen molar-refractivity contribution >= 4 is 67.6 Å². The largest absolute Gasteiger partial charge is 0.544 e. The molecule has 0 aromatic carbocycles. The number of carboxylic acid groups (broad SMARTS) is 1. The van der Waals surface area contributed by atoms with Crippen LogP contribution in [0, 0.1) is 6.92 Å². The van der Waals surface area contributed by atoms with E-state index >= 15 is 0 Å². The summed E-state index contributed by atoms with van der Waals surface area (Å²) in [5.41, 5.74) is 0.322. The topological polar surface area (TPSA) is 154 Å². The van der Waals surface area contributed by atoms with Crippen LogP contribution in [0.2, 0.25) is 0 Å². The number of thioether (sulfide) groups is 1. The number of esters is 1. The van der Waals surface area contributed by atoms with Crippen LogP contribution in [0.5, 0.6) is 0 Å². The number of carboxylic acids is 1. The van der Waals surface area contributed by atoms with Crippen LogP contribution in [0.25, 0.3) is 10.2 Å². The number of aromatic amines is 1. The molecule has 0 saturated heterocycles. The monoisotopic (exact) mass is 467 g/mol. The predicted molar refractivity (Wildman–Crippen MR) is 111 cm³/mol. The summed E-state index contributed by atoms with van der Waals surface area (Å²) in [5, 5.41) is 16.1. The number of aromatic nitrogens is 3. The first-order valence-corrected chi connectivity index (χ1v) is 11.2. The van der Waals surface area contributed by atoms with Gasteiger partial charge in [-0.15, -0.1) is 22.7 Å². The summed E-state index contributed by atoms with van der Waals surface area (Å²) in [6.45, 7) is 3.51. The molecule has 3 rings (SSSR count). The summed E-state index contributed by atoms with van der Waals surface area (Å²) >= 11 is 3.02. The van der Waals surface area contributed by atoms with E-state index in [4.69, 9.17) is 4.74 Å². The number of amides is 1. The Hall–Kier alpha value is -2.77. The third kappa shape index (κ3) is 5.04. The first-order valence-electron chi connectivity index (χ1n) is 8.56. The number of carbonyl (C=O) groups is 3. The molecular weight excluding hydrogens is 452 g/mol. The second-order valence-electron chi connectivity index (χ2n) is 5.86. The Morgan fingerprint density at radius 3 is 2.80 bits per heavy atom. The molecule has 3 aromatic rings. The van der Waals surface area contributed by atoms with Crippen LogP contribution in [0.15, 0.2) is 15.3 Å². The normalized spacial score (nSPS) is 10.9. The van der Waals surface area contributed by atoms with Crippen molar-refractivity contribution in [2.24, 2.45) is 0 Å². The molecular formula is C17H15N4O6S3-. The first-order chi connectivity index (χ1) is 14.3. The molecule has 0 atom stereocenters. The van der Waals surface area contributed by atoms with Gasteiger partial charge < -0.3 is 24.9 Å². The van der Waals surface area contributed by atoms with Crippen molar-refractivity contribution in [1.29, 1.82) is 0 Å². The SMILES string of the molecule is CCOC(=O)Cc1csc(NC(=O)CSc2nc3sc(C(=O)[O-])c(C)c3c(=O)[nH]2)n1. The highest BCUT2D eigenvalue weighted by Gasteiger charge is 2.16. The van der Waals surface area contributed by atoms with Gasteiger partial charge in [0.25, 0.3) is 5.56 Å². The molecule has 0 aliphatic carbocycles. The Bertz CT molecular complexity index is 1180. The second-order valence-corrected chi connectivity index (χ2v) is 8.68. The predicted octanol–water partition coefficient (Wildman–Crippen LogP) is 0.949. The number of fused-ring (bicyclic) bond motifs is 1. The average Bonchev–Trinajstić information content (AvgIpc) is 3.24. The number of anilines is 1. The molecule has 10 nitrogen and oxygen atoms in total.